The molecule has 250 valence electrons. The minimum Gasteiger partial charge on any atom is -0.310 e. The van der Waals surface area contributed by atoms with Gasteiger partial charge in [-0.1, -0.05) is 188 Å². The van der Waals surface area contributed by atoms with E-state index in [0.29, 0.717) is 11.1 Å². The van der Waals surface area contributed by atoms with E-state index < -0.39 is 0 Å². The smallest absolute Gasteiger partial charge is 0.0651 e. The van der Waals surface area contributed by atoms with Crippen molar-refractivity contribution in [1.29, 1.82) is 0 Å². The lowest BCUT2D eigenvalue weighted by Gasteiger charge is -2.28. The molecule has 0 aliphatic heterocycles. The Morgan fingerprint density at radius 1 is 0.340 bits per heavy atom. The molecule has 0 radical (unpaired) electrons. The molecule has 0 fully saturated rings. The van der Waals surface area contributed by atoms with Crippen molar-refractivity contribution in [3.63, 3.8) is 0 Å². The summed E-state index contributed by atoms with van der Waals surface area (Å²) in [7, 11) is 0. The van der Waals surface area contributed by atoms with Crippen LogP contribution in [-0.2, 0) is 0 Å². The van der Waals surface area contributed by atoms with Gasteiger partial charge in [-0.15, -0.1) is 0 Å². The standard InChI is InChI=1S/C52H37N/c1-3-14-38(15-4-1)40-28-30-43(31-29-40)51-25-9-10-27-52(51)53(48-23-12-22-46(37-48)50-26-13-19-42-18-7-8-24-49(42)50)47-34-32-41(33-35-47)45-21-11-20-44(36-45)39-16-5-2-6-17-39/h1-37H/i12D,22D,23D,37D. The molecule has 0 aromatic heterocycles. The van der Waals surface area contributed by atoms with Crippen molar-refractivity contribution in [2.24, 2.45) is 0 Å². The Balaban J connectivity index is 1.24. The van der Waals surface area contributed by atoms with Gasteiger partial charge in [0, 0.05) is 16.9 Å². The van der Waals surface area contributed by atoms with Crippen LogP contribution in [0.15, 0.2) is 224 Å². The quantitative estimate of drug-likeness (QED) is 0.154. The molecule has 9 aromatic rings. The highest BCUT2D eigenvalue weighted by atomic mass is 15.1. The average Bonchev–Trinajstić information content (AvgIpc) is 3.28. The molecule has 0 spiro atoms. The Hall–Kier alpha value is -6.96. The molecule has 9 rings (SSSR count). The topological polar surface area (TPSA) is 3.24 Å². The highest BCUT2D eigenvalue weighted by Crippen LogP contribution is 2.43. The van der Waals surface area contributed by atoms with Crippen LogP contribution in [0.25, 0.3) is 66.4 Å². The molecule has 0 atom stereocenters. The van der Waals surface area contributed by atoms with Crippen molar-refractivity contribution in [1.82, 2.24) is 0 Å². The second-order valence-electron chi connectivity index (χ2n) is 13.0. The van der Waals surface area contributed by atoms with Crippen molar-refractivity contribution >= 4 is 27.8 Å². The third-order valence-corrected chi connectivity index (χ3v) is 9.77. The summed E-state index contributed by atoms with van der Waals surface area (Å²) in [6, 6.07) is 67.0. The lowest BCUT2D eigenvalue weighted by molar-refractivity contribution is 1.28. The molecule has 0 aliphatic carbocycles. The van der Waals surface area contributed by atoms with Gasteiger partial charge in [-0.3, -0.25) is 0 Å². The molecule has 53 heavy (non-hydrogen) atoms. The van der Waals surface area contributed by atoms with Crippen LogP contribution >= 0.6 is 0 Å². The van der Waals surface area contributed by atoms with Crippen LogP contribution in [0.2, 0.25) is 0 Å². The maximum absolute atomic E-state index is 9.88. The van der Waals surface area contributed by atoms with Crippen molar-refractivity contribution in [3.05, 3.63) is 224 Å². The molecule has 0 saturated carbocycles. The molecule has 0 bridgehead atoms. The van der Waals surface area contributed by atoms with E-state index in [1.165, 1.54) is 0 Å². The SMILES string of the molecule is [2H]c1c([2H])c(-c2cccc3ccccc23)c([2H])c(N(c2ccc(-c3cccc(-c4ccccc4)c3)cc2)c2ccccc2-c2ccc(-c3ccccc3)cc2)c1[2H]. The second-order valence-corrected chi connectivity index (χ2v) is 13.0. The number of hydrogen-bond acceptors (Lipinski definition) is 1. The largest absolute Gasteiger partial charge is 0.310 e. The molecular weight excluding hydrogens is 639 g/mol. The summed E-state index contributed by atoms with van der Waals surface area (Å²) in [6.45, 7) is 0. The van der Waals surface area contributed by atoms with Crippen LogP contribution in [0.5, 0.6) is 0 Å². The summed E-state index contributed by atoms with van der Waals surface area (Å²) in [5, 5.41) is 1.86. The van der Waals surface area contributed by atoms with E-state index >= 15 is 0 Å². The molecule has 0 unspecified atom stereocenters. The van der Waals surface area contributed by atoms with E-state index in [1.54, 1.807) is 0 Å². The first kappa shape index (κ1) is 27.7. The van der Waals surface area contributed by atoms with Crippen molar-refractivity contribution in [2.45, 2.75) is 0 Å². The van der Waals surface area contributed by atoms with E-state index in [-0.39, 0.29) is 29.9 Å². The summed E-state index contributed by atoms with van der Waals surface area (Å²) in [5.41, 5.74) is 11.2. The number of fused-ring (bicyclic) bond motifs is 1. The summed E-state index contributed by atoms with van der Waals surface area (Å²) >= 11 is 0. The first-order valence-corrected chi connectivity index (χ1v) is 17.9. The van der Waals surface area contributed by atoms with Crippen molar-refractivity contribution in [2.75, 3.05) is 4.90 Å². The fraction of sp³-hybridized carbons (Fsp3) is 0. The molecule has 9 aromatic carbocycles. The third kappa shape index (κ3) is 6.53. The van der Waals surface area contributed by atoms with Crippen LogP contribution < -0.4 is 4.90 Å². The average molecular weight is 680 g/mol. The first-order chi connectivity index (χ1) is 28.0. The zero-order valence-corrected chi connectivity index (χ0v) is 29.0. The lowest BCUT2D eigenvalue weighted by atomic mass is 9.96. The third-order valence-electron chi connectivity index (χ3n) is 9.77. The van der Waals surface area contributed by atoms with Gasteiger partial charge < -0.3 is 4.90 Å². The Morgan fingerprint density at radius 3 is 1.60 bits per heavy atom. The van der Waals surface area contributed by atoms with E-state index in [4.69, 9.17) is 1.37 Å². The number of hydrogen-bond donors (Lipinski definition) is 0. The van der Waals surface area contributed by atoms with E-state index in [0.717, 1.165) is 66.7 Å². The van der Waals surface area contributed by atoms with Gasteiger partial charge in [0.15, 0.2) is 0 Å². The predicted molar refractivity (Wildman–Crippen MR) is 226 cm³/mol. The fourth-order valence-electron chi connectivity index (χ4n) is 7.11. The van der Waals surface area contributed by atoms with Crippen molar-refractivity contribution < 1.29 is 5.48 Å². The van der Waals surface area contributed by atoms with E-state index in [9.17, 15) is 4.11 Å². The van der Waals surface area contributed by atoms with Gasteiger partial charge in [-0.2, -0.15) is 0 Å². The maximum Gasteiger partial charge on any atom is 0.0651 e. The number of nitrogens with zero attached hydrogens (tertiary/aromatic N) is 1. The fourth-order valence-corrected chi connectivity index (χ4v) is 7.11. The van der Waals surface area contributed by atoms with Crippen LogP contribution in [0.4, 0.5) is 17.1 Å². The van der Waals surface area contributed by atoms with Gasteiger partial charge in [0.2, 0.25) is 0 Å². The molecule has 0 heterocycles. The van der Waals surface area contributed by atoms with Crippen LogP contribution in [0.1, 0.15) is 5.48 Å². The second kappa shape index (κ2) is 14.3. The van der Waals surface area contributed by atoms with Crippen LogP contribution in [-0.4, -0.2) is 0 Å². The lowest BCUT2D eigenvalue weighted by Crippen LogP contribution is -2.11. The Kier molecular flexibility index (Phi) is 7.50. The van der Waals surface area contributed by atoms with E-state index in [1.807, 2.05) is 114 Å². The normalized spacial score (nSPS) is 12.1. The monoisotopic (exact) mass is 679 g/mol. The summed E-state index contributed by atoms with van der Waals surface area (Å²) in [5.74, 6) is 0. The van der Waals surface area contributed by atoms with Crippen molar-refractivity contribution in [3.8, 4) is 55.6 Å². The highest BCUT2D eigenvalue weighted by Gasteiger charge is 2.18. The minimum absolute atomic E-state index is 0.0196. The summed E-state index contributed by atoms with van der Waals surface area (Å²) in [4.78, 5) is 1.93. The first-order valence-electron chi connectivity index (χ1n) is 19.9. The molecule has 1 heteroatoms. The van der Waals surface area contributed by atoms with Gasteiger partial charge >= 0.3 is 0 Å². The van der Waals surface area contributed by atoms with Gasteiger partial charge in [0.1, 0.15) is 0 Å². The molecule has 0 saturated heterocycles. The molecule has 0 N–H and O–H groups in total. The number of benzene rings is 9. The van der Waals surface area contributed by atoms with Gasteiger partial charge in [0.25, 0.3) is 0 Å². The molecular formula is C52H37N. The van der Waals surface area contributed by atoms with E-state index in [2.05, 4.69) is 91.0 Å². The molecule has 0 amide bonds. The Bertz CT molecular complexity index is 2870. The summed E-state index contributed by atoms with van der Waals surface area (Å²) in [6.07, 6.45) is 0. The van der Waals surface area contributed by atoms with Gasteiger partial charge in [-0.25, -0.2) is 0 Å². The minimum atomic E-state index is -0.229. The van der Waals surface area contributed by atoms with Gasteiger partial charge in [-0.05, 0) is 97.2 Å². The Labute approximate surface area is 317 Å². The molecule has 1 nitrogen and oxygen atoms in total. The molecule has 0 aliphatic rings. The zero-order chi connectivity index (χ0) is 38.9. The highest BCUT2D eigenvalue weighted by molar-refractivity contribution is 5.98. The number of anilines is 3. The zero-order valence-electron chi connectivity index (χ0n) is 33.0. The van der Waals surface area contributed by atoms with Gasteiger partial charge in [0.05, 0.1) is 11.2 Å². The number of rotatable bonds is 8. The predicted octanol–water partition coefficient (Wildman–Crippen LogP) is 14.6. The maximum atomic E-state index is 9.88. The van der Waals surface area contributed by atoms with Crippen LogP contribution in [0.3, 0.4) is 0 Å². The number of para-hydroxylation sites is 1. The summed E-state index contributed by atoms with van der Waals surface area (Å²) < 4.78 is 37.7. The Morgan fingerprint density at radius 2 is 0.849 bits per heavy atom. The van der Waals surface area contributed by atoms with Crippen LogP contribution in [0, 0.1) is 0 Å².